The van der Waals surface area contributed by atoms with Gasteiger partial charge in [-0.15, -0.1) is 11.8 Å². The highest BCUT2D eigenvalue weighted by molar-refractivity contribution is 8.00. The molecule has 29 heavy (non-hydrogen) atoms. The van der Waals surface area contributed by atoms with E-state index in [1.54, 1.807) is 0 Å². The average molecular weight is 411 g/mol. The fraction of sp³-hybridized carbons (Fsp3) is 0.667. The molecule has 2 fully saturated rings. The maximum Gasteiger partial charge on any atom is 0.123 e. The van der Waals surface area contributed by atoms with Gasteiger partial charge in [0.1, 0.15) is 6.29 Å². The first-order chi connectivity index (χ1) is 14.3. The van der Waals surface area contributed by atoms with Gasteiger partial charge in [0.15, 0.2) is 0 Å². The predicted molar refractivity (Wildman–Crippen MR) is 125 cm³/mol. The summed E-state index contributed by atoms with van der Waals surface area (Å²) in [7, 11) is 0. The van der Waals surface area contributed by atoms with Gasteiger partial charge in [-0.3, -0.25) is 0 Å². The van der Waals surface area contributed by atoms with Crippen LogP contribution in [0.5, 0.6) is 0 Å². The molecule has 2 atom stereocenters. The lowest BCUT2D eigenvalue weighted by atomic mass is 9.97. The molecule has 0 aromatic heterocycles. The molecule has 3 rings (SSSR count). The molecule has 2 unspecified atom stereocenters. The molecule has 0 spiro atoms. The predicted octanol–water partition coefficient (Wildman–Crippen LogP) is 7.81. The van der Waals surface area contributed by atoms with Crippen LogP contribution < -0.4 is 0 Å². The third-order valence-corrected chi connectivity index (χ3v) is 7.93. The van der Waals surface area contributed by atoms with Crippen LogP contribution in [0.15, 0.2) is 29.2 Å². The van der Waals surface area contributed by atoms with Crippen molar-refractivity contribution in [2.45, 2.75) is 106 Å². The second kappa shape index (κ2) is 13.2. The van der Waals surface area contributed by atoms with Crippen molar-refractivity contribution in [1.29, 1.82) is 0 Å². The Labute approximate surface area is 182 Å². The molecule has 0 N–H and O–H groups in total. The topological polar surface area (TPSA) is 17.1 Å². The molecule has 2 aliphatic rings. The van der Waals surface area contributed by atoms with E-state index in [0.717, 1.165) is 24.8 Å². The molecule has 2 heteroatoms. The van der Waals surface area contributed by atoms with Crippen LogP contribution in [0.4, 0.5) is 0 Å². The van der Waals surface area contributed by atoms with E-state index in [4.69, 9.17) is 0 Å². The van der Waals surface area contributed by atoms with Crippen LogP contribution in [-0.4, -0.2) is 11.5 Å². The summed E-state index contributed by atoms with van der Waals surface area (Å²) >= 11 is 2.01. The Hall–Kier alpha value is -1.20. The summed E-state index contributed by atoms with van der Waals surface area (Å²) in [6.45, 7) is 0. The first-order valence-electron chi connectivity index (χ1n) is 12.1. The third kappa shape index (κ3) is 8.59. The van der Waals surface area contributed by atoms with E-state index < -0.39 is 0 Å². The minimum absolute atomic E-state index is 0.284. The van der Waals surface area contributed by atoms with Crippen LogP contribution >= 0.6 is 11.8 Å². The molecular formula is C27H38OS. The lowest BCUT2D eigenvalue weighted by Gasteiger charge is -2.16. The zero-order valence-electron chi connectivity index (χ0n) is 18.0. The summed E-state index contributed by atoms with van der Waals surface area (Å²) < 4.78 is 0. The van der Waals surface area contributed by atoms with Crippen molar-refractivity contribution in [3.05, 3.63) is 29.8 Å². The Kier molecular flexibility index (Phi) is 10.2. The molecule has 0 heterocycles. The molecule has 2 saturated carbocycles. The van der Waals surface area contributed by atoms with Gasteiger partial charge in [0.2, 0.25) is 0 Å². The van der Waals surface area contributed by atoms with Crippen molar-refractivity contribution < 1.29 is 4.79 Å². The number of carbonyl (C=O) groups is 1. The SMILES string of the molecule is O=CC1CCCCCC(Sc2ccc(C#CC3CCCCCCCC3)cc2)CC1. The van der Waals surface area contributed by atoms with Crippen molar-refractivity contribution in [2.75, 3.05) is 0 Å². The fourth-order valence-electron chi connectivity index (χ4n) is 4.67. The molecule has 2 aliphatic carbocycles. The molecule has 0 radical (unpaired) electrons. The molecule has 158 valence electrons. The lowest BCUT2D eigenvalue weighted by molar-refractivity contribution is -0.111. The van der Waals surface area contributed by atoms with Gasteiger partial charge in [0.05, 0.1) is 0 Å². The Morgan fingerprint density at radius 2 is 1.34 bits per heavy atom. The van der Waals surface area contributed by atoms with Gasteiger partial charge in [-0.2, -0.15) is 0 Å². The number of rotatable bonds is 3. The second-order valence-electron chi connectivity index (χ2n) is 9.04. The normalized spacial score (nSPS) is 25.1. The Morgan fingerprint density at radius 3 is 2.07 bits per heavy atom. The average Bonchev–Trinajstić information content (AvgIpc) is 2.95. The summed E-state index contributed by atoms with van der Waals surface area (Å²) in [6, 6.07) is 8.91. The smallest absolute Gasteiger partial charge is 0.123 e. The van der Waals surface area contributed by atoms with Gasteiger partial charge in [0.25, 0.3) is 0 Å². The van der Waals surface area contributed by atoms with Crippen molar-refractivity contribution in [3.63, 3.8) is 0 Å². The first kappa shape index (κ1) is 22.5. The molecule has 0 bridgehead atoms. The number of thioether (sulfide) groups is 1. The van der Waals surface area contributed by atoms with Crippen LogP contribution in [0.1, 0.15) is 102 Å². The van der Waals surface area contributed by atoms with Crippen molar-refractivity contribution in [1.82, 2.24) is 0 Å². The molecule has 0 saturated heterocycles. The third-order valence-electron chi connectivity index (χ3n) is 6.59. The van der Waals surface area contributed by atoms with Crippen molar-refractivity contribution in [2.24, 2.45) is 11.8 Å². The quantitative estimate of drug-likeness (QED) is 0.373. The fourth-order valence-corrected chi connectivity index (χ4v) is 5.89. The minimum atomic E-state index is 0.284. The number of carbonyl (C=O) groups excluding carboxylic acids is 1. The van der Waals surface area contributed by atoms with E-state index in [-0.39, 0.29) is 5.92 Å². The largest absolute Gasteiger partial charge is 0.303 e. The van der Waals surface area contributed by atoms with E-state index in [2.05, 4.69) is 36.1 Å². The van der Waals surface area contributed by atoms with Gasteiger partial charge < -0.3 is 4.79 Å². The van der Waals surface area contributed by atoms with E-state index in [0.29, 0.717) is 11.2 Å². The molecule has 1 nitrogen and oxygen atoms in total. The standard InChI is InChI=1S/C27H38OS/c28-22-25-12-8-5-9-13-26(21-18-25)29-27-19-16-24(17-20-27)15-14-23-10-6-3-1-2-4-7-11-23/h16-17,19-20,22-23,25-26H,1-13,18,21H2. The monoisotopic (exact) mass is 410 g/mol. The summed E-state index contributed by atoms with van der Waals surface area (Å²) in [5.74, 6) is 7.91. The number of aldehydes is 1. The van der Waals surface area contributed by atoms with Crippen molar-refractivity contribution in [3.8, 4) is 11.8 Å². The summed E-state index contributed by atoms with van der Waals surface area (Å²) in [5, 5.41) is 0.645. The maximum atomic E-state index is 11.2. The van der Waals surface area contributed by atoms with Gasteiger partial charge in [0, 0.05) is 27.5 Å². The van der Waals surface area contributed by atoms with E-state index in [1.807, 2.05) is 11.8 Å². The van der Waals surface area contributed by atoms with Gasteiger partial charge in [-0.25, -0.2) is 0 Å². The van der Waals surface area contributed by atoms with E-state index >= 15 is 0 Å². The van der Waals surface area contributed by atoms with E-state index in [1.165, 1.54) is 88.2 Å². The zero-order valence-corrected chi connectivity index (χ0v) is 18.9. The van der Waals surface area contributed by atoms with E-state index in [9.17, 15) is 4.79 Å². The molecule has 0 aliphatic heterocycles. The zero-order chi connectivity index (χ0) is 20.2. The number of benzene rings is 1. The first-order valence-corrected chi connectivity index (χ1v) is 12.9. The Balaban J connectivity index is 1.53. The highest BCUT2D eigenvalue weighted by Gasteiger charge is 2.17. The molecular weight excluding hydrogens is 372 g/mol. The van der Waals surface area contributed by atoms with Crippen molar-refractivity contribution >= 4 is 18.0 Å². The lowest BCUT2D eigenvalue weighted by Crippen LogP contribution is -2.07. The highest BCUT2D eigenvalue weighted by atomic mass is 32.2. The highest BCUT2D eigenvalue weighted by Crippen LogP contribution is 2.33. The van der Waals surface area contributed by atoms with Gasteiger partial charge in [-0.05, 0) is 62.8 Å². The molecule has 1 aromatic rings. The van der Waals surface area contributed by atoms with Crippen LogP contribution in [0.3, 0.4) is 0 Å². The van der Waals surface area contributed by atoms with Gasteiger partial charge >= 0.3 is 0 Å². The number of hydrogen-bond donors (Lipinski definition) is 0. The Bertz CT molecular complexity index is 643. The molecule has 1 aromatic carbocycles. The summed E-state index contributed by atoms with van der Waals surface area (Å²) in [5.41, 5.74) is 1.16. The van der Waals surface area contributed by atoms with Crippen LogP contribution in [-0.2, 0) is 4.79 Å². The molecule has 0 amide bonds. The summed E-state index contributed by atoms with van der Waals surface area (Å²) in [6.07, 6.45) is 20.4. The maximum absolute atomic E-state index is 11.2. The second-order valence-corrected chi connectivity index (χ2v) is 10.4. The minimum Gasteiger partial charge on any atom is -0.303 e. The summed E-state index contributed by atoms with van der Waals surface area (Å²) in [4.78, 5) is 12.6. The van der Waals surface area contributed by atoms with Crippen LogP contribution in [0.25, 0.3) is 0 Å². The number of hydrogen-bond acceptors (Lipinski definition) is 2. The van der Waals surface area contributed by atoms with Gasteiger partial charge in [-0.1, -0.05) is 69.6 Å². The van der Waals surface area contributed by atoms with Crippen LogP contribution in [0, 0.1) is 23.7 Å². The Morgan fingerprint density at radius 1 is 0.724 bits per heavy atom. The van der Waals surface area contributed by atoms with Crippen LogP contribution in [0.2, 0.25) is 0 Å².